The highest BCUT2D eigenvalue weighted by Gasteiger charge is 2.29. The van der Waals surface area contributed by atoms with Crippen LogP contribution in [0.5, 0.6) is 5.75 Å². The first-order valence-corrected chi connectivity index (χ1v) is 6.71. The van der Waals surface area contributed by atoms with Gasteiger partial charge >= 0.3 is 0 Å². The van der Waals surface area contributed by atoms with Gasteiger partial charge in [0.1, 0.15) is 5.75 Å². The van der Waals surface area contributed by atoms with Crippen LogP contribution in [0.25, 0.3) is 0 Å². The lowest BCUT2D eigenvalue weighted by Gasteiger charge is -2.36. The van der Waals surface area contributed by atoms with Crippen molar-refractivity contribution < 1.29 is 14.6 Å². The number of methoxy groups -OCH3 is 1. The third-order valence-corrected chi connectivity index (χ3v) is 3.98. The van der Waals surface area contributed by atoms with Crippen LogP contribution >= 0.6 is 11.6 Å². The van der Waals surface area contributed by atoms with Gasteiger partial charge in [0, 0.05) is 25.8 Å². The lowest BCUT2D eigenvalue weighted by molar-refractivity contribution is -0.00156. The maximum atomic E-state index is 12.4. The summed E-state index contributed by atoms with van der Waals surface area (Å²) in [5.41, 5.74) is 0.493. The molecule has 1 aliphatic heterocycles. The number of amides is 1. The molecular formula is C14H18ClNO3. The number of ether oxygens (including phenoxy) is 1. The molecule has 1 heterocycles. The molecule has 5 heteroatoms. The number of carbonyl (C=O) groups is 1. The largest absolute Gasteiger partial charge is 0.506 e. The summed E-state index contributed by atoms with van der Waals surface area (Å²) in [6.07, 6.45) is 1.00. The zero-order valence-electron chi connectivity index (χ0n) is 11.1. The van der Waals surface area contributed by atoms with Crippen LogP contribution in [0.15, 0.2) is 18.2 Å². The molecule has 1 N–H and O–H groups in total. The summed E-state index contributed by atoms with van der Waals surface area (Å²) in [6.45, 7) is 3.45. The molecule has 19 heavy (non-hydrogen) atoms. The Bertz CT molecular complexity index is 478. The molecule has 1 saturated heterocycles. The van der Waals surface area contributed by atoms with Crippen molar-refractivity contribution in [1.29, 1.82) is 0 Å². The van der Waals surface area contributed by atoms with Gasteiger partial charge in [0.05, 0.1) is 11.1 Å². The molecule has 104 valence electrons. The van der Waals surface area contributed by atoms with Crippen LogP contribution in [-0.4, -0.2) is 42.2 Å². The van der Waals surface area contributed by atoms with E-state index in [0.717, 1.165) is 13.0 Å². The minimum Gasteiger partial charge on any atom is -0.506 e. The number of piperidine rings is 1. The lowest BCUT2D eigenvalue weighted by atomic mass is 9.95. The summed E-state index contributed by atoms with van der Waals surface area (Å²) in [5.74, 6) is 0.369. The number of hydrogen-bond acceptors (Lipinski definition) is 3. The molecule has 1 aromatic rings. The number of aromatic hydroxyl groups is 1. The lowest BCUT2D eigenvalue weighted by Crippen LogP contribution is -2.46. The molecule has 1 fully saturated rings. The van der Waals surface area contributed by atoms with E-state index in [1.165, 1.54) is 12.1 Å². The van der Waals surface area contributed by atoms with Gasteiger partial charge in [-0.05, 0) is 30.5 Å². The minimum atomic E-state index is -0.0733. The minimum absolute atomic E-state index is 0.0137. The third-order valence-electron chi connectivity index (χ3n) is 3.67. The fourth-order valence-corrected chi connectivity index (χ4v) is 2.53. The second-order valence-corrected chi connectivity index (χ2v) is 5.36. The average molecular weight is 284 g/mol. The summed E-state index contributed by atoms with van der Waals surface area (Å²) in [5, 5.41) is 9.57. The van der Waals surface area contributed by atoms with Gasteiger partial charge in [-0.25, -0.2) is 0 Å². The quantitative estimate of drug-likeness (QED) is 0.907. The maximum absolute atomic E-state index is 12.4. The summed E-state index contributed by atoms with van der Waals surface area (Å²) in [4.78, 5) is 14.1. The molecule has 1 amide bonds. The SMILES string of the molecule is COC1CN(C(=O)c2ccc(O)c(Cl)c2)CCC1C. The summed E-state index contributed by atoms with van der Waals surface area (Å²) in [6, 6.07) is 4.53. The second-order valence-electron chi connectivity index (χ2n) is 4.96. The number of likely N-dealkylation sites (tertiary alicyclic amines) is 1. The predicted octanol–water partition coefficient (Wildman–Crippen LogP) is 2.54. The Hall–Kier alpha value is -1.26. The first-order valence-electron chi connectivity index (χ1n) is 6.33. The van der Waals surface area contributed by atoms with E-state index in [2.05, 4.69) is 6.92 Å². The van der Waals surface area contributed by atoms with E-state index < -0.39 is 0 Å². The number of halogens is 1. The molecule has 0 radical (unpaired) electrons. The number of nitrogens with zero attached hydrogens (tertiary/aromatic N) is 1. The standard InChI is InChI=1S/C14H18ClNO3/c1-9-5-6-16(8-13(9)19-2)14(18)10-3-4-12(17)11(15)7-10/h3-4,7,9,13,17H,5-6,8H2,1-2H3. The van der Waals surface area contributed by atoms with Crippen molar-refractivity contribution in [3.8, 4) is 5.75 Å². The Morgan fingerprint density at radius 3 is 2.89 bits per heavy atom. The van der Waals surface area contributed by atoms with Crippen molar-refractivity contribution in [2.45, 2.75) is 19.4 Å². The van der Waals surface area contributed by atoms with E-state index in [9.17, 15) is 9.90 Å². The van der Waals surface area contributed by atoms with E-state index in [4.69, 9.17) is 16.3 Å². The van der Waals surface area contributed by atoms with Gasteiger partial charge in [-0.15, -0.1) is 0 Å². The number of phenols is 1. The number of phenolic OH excluding ortho intramolecular Hbond substituents is 1. The molecule has 0 bridgehead atoms. The highest BCUT2D eigenvalue weighted by Crippen LogP contribution is 2.26. The van der Waals surface area contributed by atoms with Crippen LogP contribution in [0.3, 0.4) is 0 Å². The monoisotopic (exact) mass is 283 g/mol. The molecule has 2 rings (SSSR count). The molecule has 1 aromatic carbocycles. The molecule has 1 aliphatic rings. The van der Waals surface area contributed by atoms with Crippen LogP contribution in [0.2, 0.25) is 5.02 Å². The molecule has 2 atom stereocenters. The molecule has 0 spiro atoms. The van der Waals surface area contributed by atoms with Gasteiger partial charge < -0.3 is 14.7 Å². The van der Waals surface area contributed by atoms with Crippen LogP contribution < -0.4 is 0 Å². The summed E-state index contributed by atoms with van der Waals surface area (Å²) in [7, 11) is 1.67. The van der Waals surface area contributed by atoms with Crippen molar-refractivity contribution in [1.82, 2.24) is 4.90 Å². The first kappa shape index (κ1) is 14.2. The van der Waals surface area contributed by atoms with Gasteiger partial charge in [-0.2, -0.15) is 0 Å². The molecule has 0 saturated carbocycles. The number of benzene rings is 1. The van der Waals surface area contributed by atoms with Crippen molar-refractivity contribution in [2.75, 3.05) is 20.2 Å². The van der Waals surface area contributed by atoms with Gasteiger partial charge in [0.25, 0.3) is 5.91 Å². The van der Waals surface area contributed by atoms with Crippen molar-refractivity contribution in [3.63, 3.8) is 0 Å². The van der Waals surface area contributed by atoms with E-state index in [-0.39, 0.29) is 22.8 Å². The molecule has 2 unspecified atom stereocenters. The number of hydrogen-bond donors (Lipinski definition) is 1. The zero-order valence-corrected chi connectivity index (χ0v) is 11.9. The fourth-order valence-electron chi connectivity index (χ4n) is 2.35. The smallest absolute Gasteiger partial charge is 0.253 e. The highest BCUT2D eigenvalue weighted by atomic mass is 35.5. The Labute approximate surface area is 117 Å². The summed E-state index contributed by atoms with van der Waals surface area (Å²) < 4.78 is 5.40. The Morgan fingerprint density at radius 2 is 2.26 bits per heavy atom. The topological polar surface area (TPSA) is 49.8 Å². The first-order chi connectivity index (χ1) is 9.02. The molecule has 4 nitrogen and oxygen atoms in total. The van der Waals surface area contributed by atoms with Crippen LogP contribution in [0.1, 0.15) is 23.7 Å². The van der Waals surface area contributed by atoms with Crippen LogP contribution in [-0.2, 0) is 4.74 Å². The van der Waals surface area contributed by atoms with Crippen molar-refractivity contribution in [2.24, 2.45) is 5.92 Å². The Kier molecular flexibility index (Phi) is 4.32. The van der Waals surface area contributed by atoms with Crippen molar-refractivity contribution in [3.05, 3.63) is 28.8 Å². The average Bonchev–Trinajstić information content (AvgIpc) is 2.41. The van der Waals surface area contributed by atoms with Gasteiger partial charge in [0.2, 0.25) is 0 Å². The van der Waals surface area contributed by atoms with E-state index in [1.807, 2.05) is 0 Å². The normalized spacial score (nSPS) is 23.4. The predicted molar refractivity (Wildman–Crippen MR) is 73.6 cm³/mol. The van der Waals surface area contributed by atoms with E-state index >= 15 is 0 Å². The highest BCUT2D eigenvalue weighted by molar-refractivity contribution is 6.32. The zero-order chi connectivity index (χ0) is 14.0. The van der Waals surface area contributed by atoms with Crippen LogP contribution in [0.4, 0.5) is 0 Å². The second kappa shape index (κ2) is 5.80. The molecule has 0 aromatic heterocycles. The fraction of sp³-hybridized carbons (Fsp3) is 0.500. The summed E-state index contributed by atoms with van der Waals surface area (Å²) >= 11 is 5.83. The van der Waals surface area contributed by atoms with Crippen molar-refractivity contribution >= 4 is 17.5 Å². The van der Waals surface area contributed by atoms with Gasteiger partial charge in [0.15, 0.2) is 0 Å². The van der Waals surface area contributed by atoms with E-state index in [1.54, 1.807) is 18.1 Å². The van der Waals surface area contributed by atoms with Gasteiger partial charge in [-0.3, -0.25) is 4.79 Å². The maximum Gasteiger partial charge on any atom is 0.253 e. The number of carbonyl (C=O) groups excluding carboxylic acids is 1. The third kappa shape index (κ3) is 3.01. The Morgan fingerprint density at radius 1 is 1.53 bits per heavy atom. The van der Waals surface area contributed by atoms with E-state index in [0.29, 0.717) is 18.0 Å². The number of rotatable bonds is 2. The molecular weight excluding hydrogens is 266 g/mol. The van der Waals surface area contributed by atoms with Gasteiger partial charge in [-0.1, -0.05) is 18.5 Å². The molecule has 0 aliphatic carbocycles. The Balaban J connectivity index is 2.13. The van der Waals surface area contributed by atoms with Crippen LogP contribution in [0, 0.1) is 5.92 Å².